The summed E-state index contributed by atoms with van der Waals surface area (Å²) in [5, 5.41) is 0. The van der Waals surface area contributed by atoms with Crippen molar-refractivity contribution in [2.24, 2.45) is 5.92 Å². The molecule has 0 radical (unpaired) electrons. The summed E-state index contributed by atoms with van der Waals surface area (Å²) in [5.74, 6) is 0.572. The van der Waals surface area contributed by atoms with Crippen LogP contribution in [-0.4, -0.2) is 20.8 Å². The summed E-state index contributed by atoms with van der Waals surface area (Å²) in [6.45, 7) is 1.96. The zero-order valence-corrected chi connectivity index (χ0v) is 8.27. The van der Waals surface area contributed by atoms with Crippen LogP contribution < -0.4 is 0 Å². The molecule has 0 aromatic heterocycles. The van der Waals surface area contributed by atoms with Gasteiger partial charge in [0.1, 0.15) is 0 Å². The van der Waals surface area contributed by atoms with Crippen LogP contribution in [0.15, 0.2) is 0 Å². The van der Waals surface area contributed by atoms with E-state index in [4.69, 9.17) is 0 Å². The van der Waals surface area contributed by atoms with E-state index in [-0.39, 0.29) is 12.4 Å². The highest BCUT2D eigenvalue weighted by atomic mass is 32.2. The van der Waals surface area contributed by atoms with Crippen LogP contribution in [0.2, 0.25) is 0 Å². The second kappa shape index (κ2) is 4.23. The van der Waals surface area contributed by atoms with Crippen LogP contribution >= 0.6 is 0 Å². The standard InChI is InChI=1S/C8H16O3S/c1-2-11-12(9,10)7-8-5-3-4-6-8/h8H,2-7H2,1H3. The molecule has 1 saturated carbocycles. The van der Waals surface area contributed by atoms with Crippen molar-refractivity contribution in [2.45, 2.75) is 32.6 Å². The van der Waals surface area contributed by atoms with Gasteiger partial charge in [0.15, 0.2) is 0 Å². The van der Waals surface area contributed by atoms with Crippen LogP contribution in [0.3, 0.4) is 0 Å². The van der Waals surface area contributed by atoms with Gasteiger partial charge in [-0.3, -0.25) is 4.18 Å². The van der Waals surface area contributed by atoms with Gasteiger partial charge in [0.2, 0.25) is 0 Å². The fourth-order valence-corrected chi connectivity index (χ4v) is 3.06. The van der Waals surface area contributed by atoms with Crippen LogP contribution in [0.1, 0.15) is 32.6 Å². The summed E-state index contributed by atoms with van der Waals surface area (Å²) in [6, 6.07) is 0. The molecule has 12 heavy (non-hydrogen) atoms. The summed E-state index contributed by atoms with van der Waals surface area (Å²) in [7, 11) is -3.22. The van der Waals surface area contributed by atoms with Crippen molar-refractivity contribution in [3.63, 3.8) is 0 Å². The van der Waals surface area contributed by atoms with Gasteiger partial charge in [-0.15, -0.1) is 0 Å². The van der Waals surface area contributed by atoms with Gasteiger partial charge in [-0.1, -0.05) is 12.8 Å². The van der Waals surface area contributed by atoms with Crippen molar-refractivity contribution < 1.29 is 12.6 Å². The first kappa shape index (κ1) is 9.99. The minimum atomic E-state index is -3.22. The smallest absolute Gasteiger partial charge is 0.267 e. The highest BCUT2D eigenvalue weighted by Crippen LogP contribution is 2.26. The molecule has 0 amide bonds. The molecule has 3 nitrogen and oxygen atoms in total. The Kier molecular flexibility index (Phi) is 3.53. The Morgan fingerprint density at radius 2 is 1.92 bits per heavy atom. The lowest BCUT2D eigenvalue weighted by atomic mass is 10.1. The molecule has 0 aliphatic heterocycles. The molecule has 0 spiro atoms. The number of rotatable bonds is 4. The highest BCUT2D eigenvalue weighted by Gasteiger charge is 2.22. The van der Waals surface area contributed by atoms with E-state index in [0.717, 1.165) is 12.8 Å². The first-order valence-electron chi connectivity index (χ1n) is 4.51. The lowest BCUT2D eigenvalue weighted by molar-refractivity contribution is 0.333. The molecule has 0 N–H and O–H groups in total. The molecular weight excluding hydrogens is 176 g/mol. The monoisotopic (exact) mass is 192 g/mol. The van der Waals surface area contributed by atoms with Gasteiger partial charge in [-0.2, -0.15) is 8.42 Å². The highest BCUT2D eigenvalue weighted by molar-refractivity contribution is 7.86. The van der Waals surface area contributed by atoms with E-state index >= 15 is 0 Å². The van der Waals surface area contributed by atoms with Gasteiger partial charge in [-0.05, 0) is 25.7 Å². The molecule has 1 fully saturated rings. The third-order valence-electron chi connectivity index (χ3n) is 2.21. The van der Waals surface area contributed by atoms with E-state index in [1.165, 1.54) is 12.8 Å². The van der Waals surface area contributed by atoms with E-state index in [1.54, 1.807) is 6.92 Å². The van der Waals surface area contributed by atoms with Crippen molar-refractivity contribution in [3.05, 3.63) is 0 Å². The van der Waals surface area contributed by atoms with Gasteiger partial charge in [0, 0.05) is 0 Å². The average molecular weight is 192 g/mol. The average Bonchev–Trinajstić information content (AvgIpc) is 2.38. The third-order valence-corrected chi connectivity index (χ3v) is 3.69. The topological polar surface area (TPSA) is 43.4 Å². The normalized spacial score (nSPS) is 20.1. The van der Waals surface area contributed by atoms with Crippen molar-refractivity contribution in [1.29, 1.82) is 0 Å². The predicted octanol–water partition coefficient (Wildman–Crippen LogP) is 1.54. The third kappa shape index (κ3) is 3.11. The Bertz CT molecular complexity index is 214. The largest absolute Gasteiger partial charge is 0.270 e. The Hall–Kier alpha value is -0.0900. The van der Waals surface area contributed by atoms with Gasteiger partial charge in [-0.25, -0.2) is 0 Å². The van der Waals surface area contributed by atoms with E-state index in [2.05, 4.69) is 4.18 Å². The molecular formula is C8H16O3S. The molecule has 0 aromatic rings. The van der Waals surface area contributed by atoms with E-state index in [1.807, 2.05) is 0 Å². The van der Waals surface area contributed by atoms with Crippen molar-refractivity contribution >= 4 is 10.1 Å². The molecule has 1 rings (SSSR count). The van der Waals surface area contributed by atoms with Crippen LogP contribution in [0.25, 0.3) is 0 Å². The summed E-state index contributed by atoms with van der Waals surface area (Å²) >= 11 is 0. The number of hydrogen-bond acceptors (Lipinski definition) is 3. The molecule has 0 bridgehead atoms. The summed E-state index contributed by atoms with van der Waals surface area (Å²) in [5.41, 5.74) is 0. The zero-order valence-electron chi connectivity index (χ0n) is 7.45. The van der Waals surface area contributed by atoms with Crippen LogP contribution in [-0.2, 0) is 14.3 Å². The van der Waals surface area contributed by atoms with Crippen LogP contribution in [0.5, 0.6) is 0 Å². The SMILES string of the molecule is CCOS(=O)(=O)CC1CCCC1. The maximum Gasteiger partial charge on any atom is 0.267 e. The predicted molar refractivity (Wildman–Crippen MR) is 47.4 cm³/mol. The lowest BCUT2D eigenvalue weighted by Gasteiger charge is -2.08. The molecule has 1 aliphatic carbocycles. The second-order valence-corrected chi connectivity index (χ2v) is 4.97. The molecule has 0 saturated heterocycles. The molecule has 0 unspecified atom stereocenters. The van der Waals surface area contributed by atoms with Crippen LogP contribution in [0.4, 0.5) is 0 Å². The first-order chi connectivity index (χ1) is 5.64. The van der Waals surface area contributed by atoms with E-state index < -0.39 is 10.1 Å². The summed E-state index contributed by atoms with van der Waals surface area (Å²) in [4.78, 5) is 0. The zero-order chi connectivity index (χ0) is 9.03. The fraction of sp³-hybridized carbons (Fsp3) is 1.00. The Morgan fingerprint density at radius 1 is 1.33 bits per heavy atom. The molecule has 0 atom stereocenters. The minimum absolute atomic E-state index is 0.223. The lowest BCUT2D eigenvalue weighted by Crippen LogP contribution is -2.16. The molecule has 0 aromatic carbocycles. The Morgan fingerprint density at radius 3 is 2.42 bits per heavy atom. The van der Waals surface area contributed by atoms with E-state index in [0.29, 0.717) is 5.92 Å². The summed E-state index contributed by atoms with van der Waals surface area (Å²) in [6.07, 6.45) is 4.44. The second-order valence-electron chi connectivity index (χ2n) is 3.28. The van der Waals surface area contributed by atoms with Crippen molar-refractivity contribution in [2.75, 3.05) is 12.4 Å². The maximum atomic E-state index is 11.2. The molecule has 4 heteroatoms. The van der Waals surface area contributed by atoms with Crippen molar-refractivity contribution in [1.82, 2.24) is 0 Å². The molecule has 1 aliphatic rings. The maximum absolute atomic E-state index is 11.2. The van der Waals surface area contributed by atoms with Gasteiger partial charge < -0.3 is 0 Å². The first-order valence-corrected chi connectivity index (χ1v) is 6.09. The molecule has 72 valence electrons. The number of hydrogen-bond donors (Lipinski definition) is 0. The van der Waals surface area contributed by atoms with Gasteiger partial charge >= 0.3 is 0 Å². The van der Waals surface area contributed by atoms with E-state index in [9.17, 15) is 8.42 Å². The van der Waals surface area contributed by atoms with Crippen LogP contribution in [0, 0.1) is 5.92 Å². The molecule has 0 heterocycles. The Balaban J connectivity index is 2.38. The fourth-order valence-electron chi connectivity index (χ4n) is 1.69. The van der Waals surface area contributed by atoms with Gasteiger partial charge in [0.05, 0.1) is 12.4 Å². The van der Waals surface area contributed by atoms with Crippen molar-refractivity contribution in [3.8, 4) is 0 Å². The Labute approximate surface area is 74.2 Å². The minimum Gasteiger partial charge on any atom is -0.270 e. The summed E-state index contributed by atoms with van der Waals surface area (Å²) < 4.78 is 27.0. The van der Waals surface area contributed by atoms with Gasteiger partial charge in [0.25, 0.3) is 10.1 Å². The quantitative estimate of drug-likeness (QED) is 0.635.